The summed E-state index contributed by atoms with van der Waals surface area (Å²) < 4.78 is 61.8. The first-order chi connectivity index (χ1) is 7.54. The fraction of sp³-hybridized carbons (Fsp3) is 1.00. The first kappa shape index (κ1) is 14.7. The fourth-order valence-electron chi connectivity index (χ4n) is 1.41. The molecule has 1 saturated carbocycles. The number of nitrogens with one attached hydrogen (secondary N) is 1. The lowest BCUT2D eigenvalue weighted by atomic mass is 10.3. The van der Waals surface area contributed by atoms with Gasteiger partial charge in [-0.3, -0.25) is 0 Å². The number of hydrogen-bond acceptors (Lipinski definition) is 3. The van der Waals surface area contributed by atoms with Crippen LogP contribution in [-0.4, -0.2) is 50.8 Å². The summed E-state index contributed by atoms with van der Waals surface area (Å²) in [5.74, 6) is -0.769. The Labute approximate surface area is 99.2 Å². The smallest absolute Gasteiger partial charge is 0.302 e. The summed E-state index contributed by atoms with van der Waals surface area (Å²) in [7, 11) is -1.42. The van der Waals surface area contributed by atoms with Gasteiger partial charge in [-0.15, -0.1) is 0 Å². The molecule has 3 atom stereocenters. The van der Waals surface area contributed by atoms with E-state index in [4.69, 9.17) is 0 Å². The van der Waals surface area contributed by atoms with Crippen LogP contribution in [0.1, 0.15) is 13.3 Å². The van der Waals surface area contributed by atoms with E-state index in [1.807, 2.05) is 6.92 Å². The summed E-state index contributed by atoms with van der Waals surface area (Å²) in [6, 6.07) is -2.22. The lowest BCUT2D eigenvalue weighted by Gasteiger charge is -2.23. The summed E-state index contributed by atoms with van der Waals surface area (Å²) in [6.45, 7) is 1.82. The van der Waals surface area contributed by atoms with Crippen molar-refractivity contribution in [3.8, 4) is 0 Å². The molecule has 3 unspecified atom stereocenters. The molecule has 1 aliphatic carbocycles. The molecule has 4 nitrogen and oxygen atoms in total. The Morgan fingerprint density at radius 1 is 1.41 bits per heavy atom. The van der Waals surface area contributed by atoms with Crippen LogP contribution in [0.2, 0.25) is 0 Å². The molecule has 0 aromatic heterocycles. The maximum atomic E-state index is 12.7. The second-order valence-electron chi connectivity index (χ2n) is 4.64. The molecule has 17 heavy (non-hydrogen) atoms. The van der Waals surface area contributed by atoms with Crippen molar-refractivity contribution in [2.24, 2.45) is 5.92 Å². The maximum Gasteiger partial charge on any atom is 0.404 e. The Bertz CT molecular complexity index is 367. The number of hydrogen-bond donors (Lipinski definition) is 1. The van der Waals surface area contributed by atoms with E-state index in [1.54, 1.807) is 0 Å². The largest absolute Gasteiger partial charge is 0.404 e. The Morgan fingerprint density at radius 2 is 1.88 bits per heavy atom. The van der Waals surface area contributed by atoms with Crippen LogP contribution in [0, 0.1) is 5.92 Å². The van der Waals surface area contributed by atoms with E-state index in [1.165, 1.54) is 14.1 Å². The lowest BCUT2D eigenvalue weighted by Crippen LogP contribution is -2.50. The van der Waals surface area contributed by atoms with Gasteiger partial charge in [-0.2, -0.15) is 13.2 Å². The highest BCUT2D eigenvalue weighted by atomic mass is 32.2. The normalized spacial score (nSPS) is 27.2. The van der Waals surface area contributed by atoms with Crippen LogP contribution < -0.4 is 5.32 Å². The Kier molecular flexibility index (Phi) is 4.10. The zero-order valence-corrected chi connectivity index (χ0v) is 10.8. The predicted molar refractivity (Wildman–Crippen MR) is 58.0 cm³/mol. The van der Waals surface area contributed by atoms with Gasteiger partial charge in [0.2, 0.25) is 10.0 Å². The highest BCUT2D eigenvalue weighted by Crippen LogP contribution is 2.32. The molecular weight excluding hydrogens is 257 g/mol. The van der Waals surface area contributed by atoms with Gasteiger partial charge in [0.1, 0.15) is 6.04 Å². The van der Waals surface area contributed by atoms with Crippen molar-refractivity contribution in [3.05, 3.63) is 0 Å². The number of nitrogens with zero attached hydrogens (tertiary/aromatic N) is 1. The highest BCUT2D eigenvalue weighted by Gasteiger charge is 2.47. The van der Waals surface area contributed by atoms with Crippen LogP contribution in [0.5, 0.6) is 0 Å². The zero-order valence-electron chi connectivity index (χ0n) is 9.95. The van der Waals surface area contributed by atoms with Crippen LogP contribution in [0.3, 0.4) is 0 Å². The van der Waals surface area contributed by atoms with E-state index >= 15 is 0 Å². The van der Waals surface area contributed by atoms with E-state index in [0.717, 1.165) is 4.31 Å². The molecule has 1 rings (SSSR count). The van der Waals surface area contributed by atoms with Crippen molar-refractivity contribution in [1.82, 2.24) is 9.62 Å². The quantitative estimate of drug-likeness (QED) is 0.807. The van der Waals surface area contributed by atoms with Gasteiger partial charge in [0, 0.05) is 20.1 Å². The van der Waals surface area contributed by atoms with E-state index in [0.29, 0.717) is 6.42 Å². The average Bonchev–Trinajstić information content (AvgIpc) is 2.78. The zero-order chi connectivity index (χ0) is 13.4. The minimum absolute atomic E-state index is 0.182. The van der Waals surface area contributed by atoms with Gasteiger partial charge < -0.3 is 5.32 Å². The van der Waals surface area contributed by atoms with Crippen molar-refractivity contribution in [2.75, 3.05) is 19.8 Å². The van der Waals surface area contributed by atoms with Crippen molar-refractivity contribution < 1.29 is 21.6 Å². The third-order valence-electron chi connectivity index (χ3n) is 2.85. The molecule has 0 saturated heterocycles. The highest BCUT2D eigenvalue weighted by molar-refractivity contribution is 7.89. The van der Waals surface area contributed by atoms with Gasteiger partial charge in [-0.05, 0) is 12.3 Å². The fourth-order valence-corrected chi connectivity index (χ4v) is 2.41. The van der Waals surface area contributed by atoms with Crippen LogP contribution in [0.15, 0.2) is 0 Å². The molecule has 1 N–H and O–H groups in total. The lowest BCUT2D eigenvalue weighted by molar-refractivity contribution is -0.151. The second kappa shape index (κ2) is 4.74. The molecular formula is C9H17F3N2O2S. The van der Waals surface area contributed by atoms with Crippen molar-refractivity contribution in [2.45, 2.75) is 31.6 Å². The van der Waals surface area contributed by atoms with Gasteiger partial charge in [-0.1, -0.05) is 6.92 Å². The molecule has 1 fully saturated rings. The van der Waals surface area contributed by atoms with E-state index in [9.17, 15) is 21.6 Å². The molecule has 0 bridgehead atoms. The van der Waals surface area contributed by atoms with Gasteiger partial charge >= 0.3 is 6.18 Å². The van der Waals surface area contributed by atoms with Crippen LogP contribution in [-0.2, 0) is 10.0 Å². The van der Waals surface area contributed by atoms with Crippen molar-refractivity contribution in [3.63, 3.8) is 0 Å². The van der Waals surface area contributed by atoms with Crippen LogP contribution in [0.4, 0.5) is 13.2 Å². The maximum absolute atomic E-state index is 12.7. The third-order valence-corrected chi connectivity index (χ3v) is 4.72. The number of halogens is 3. The summed E-state index contributed by atoms with van der Waals surface area (Å²) in [4.78, 5) is 0. The molecule has 102 valence electrons. The Balaban J connectivity index is 2.71. The summed E-state index contributed by atoms with van der Waals surface area (Å²) in [5.41, 5.74) is 0. The molecule has 0 aliphatic heterocycles. The summed E-state index contributed by atoms with van der Waals surface area (Å²) >= 11 is 0. The molecule has 0 heterocycles. The molecule has 8 heteroatoms. The van der Waals surface area contributed by atoms with Crippen molar-refractivity contribution >= 4 is 10.0 Å². The monoisotopic (exact) mass is 274 g/mol. The molecule has 0 spiro atoms. The van der Waals surface area contributed by atoms with Gasteiger partial charge in [0.25, 0.3) is 0 Å². The van der Waals surface area contributed by atoms with Crippen LogP contribution >= 0.6 is 0 Å². The minimum atomic E-state index is -4.55. The van der Waals surface area contributed by atoms with Crippen LogP contribution in [0.25, 0.3) is 0 Å². The predicted octanol–water partition coefficient (Wildman–Crippen LogP) is 0.807. The molecule has 0 radical (unpaired) electrons. The minimum Gasteiger partial charge on any atom is -0.302 e. The van der Waals surface area contributed by atoms with E-state index < -0.39 is 28.0 Å². The SMILES string of the molecule is CC1CC1NC(CS(=O)(=O)N(C)C)C(F)(F)F. The molecule has 1 aliphatic rings. The summed E-state index contributed by atoms with van der Waals surface area (Å²) in [6.07, 6.45) is -3.89. The number of rotatable bonds is 5. The Hall–Kier alpha value is -0.340. The average molecular weight is 274 g/mol. The topological polar surface area (TPSA) is 49.4 Å². The van der Waals surface area contributed by atoms with Crippen molar-refractivity contribution in [1.29, 1.82) is 0 Å². The van der Waals surface area contributed by atoms with E-state index in [-0.39, 0.29) is 12.0 Å². The van der Waals surface area contributed by atoms with E-state index in [2.05, 4.69) is 5.32 Å². The molecule has 0 amide bonds. The van der Waals surface area contributed by atoms with Gasteiger partial charge in [-0.25, -0.2) is 12.7 Å². The number of sulfonamides is 1. The first-order valence-electron chi connectivity index (χ1n) is 5.27. The number of alkyl halides is 3. The molecule has 0 aromatic carbocycles. The summed E-state index contributed by atoms with van der Waals surface area (Å²) in [5, 5.41) is 2.36. The van der Waals surface area contributed by atoms with Gasteiger partial charge in [0.05, 0.1) is 5.75 Å². The third kappa shape index (κ3) is 4.11. The Morgan fingerprint density at radius 3 is 2.18 bits per heavy atom. The standard InChI is InChI=1S/C9H17F3N2O2S/c1-6-4-7(6)13-8(9(10,11)12)5-17(15,16)14(2)3/h6-8,13H,4-5H2,1-3H3. The molecule has 0 aromatic rings. The van der Waals surface area contributed by atoms with Gasteiger partial charge in [0.15, 0.2) is 0 Å². The second-order valence-corrected chi connectivity index (χ2v) is 6.87. The first-order valence-corrected chi connectivity index (χ1v) is 6.88.